The van der Waals surface area contributed by atoms with Crippen molar-refractivity contribution in [2.24, 2.45) is 0 Å². The summed E-state index contributed by atoms with van der Waals surface area (Å²) in [6.45, 7) is 1.70. The van der Waals surface area contributed by atoms with Gasteiger partial charge >= 0.3 is 5.97 Å². The Labute approximate surface area is 134 Å². The van der Waals surface area contributed by atoms with Crippen molar-refractivity contribution < 1.29 is 14.3 Å². The molecule has 0 aromatic heterocycles. The monoisotopic (exact) mass is 317 g/mol. The highest BCUT2D eigenvalue weighted by molar-refractivity contribution is 6.30. The topological polar surface area (TPSA) is 55.4 Å². The smallest absolute Gasteiger partial charge is 0.338 e. The highest BCUT2D eigenvalue weighted by Crippen LogP contribution is 2.13. The Morgan fingerprint density at radius 1 is 1.05 bits per heavy atom. The Morgan fingerprint density at radius 2 is 1.68 bits per heavy atom. The van der Waals surface area contributed by atoms with E-state index in [1.165, 1.54) is 0 Å². The molecule has 0 heterocycles. The number of amides is 1. The van der Waals surface area contributed by atoms with E-state index < -0.39 is 11.9 Å². The Balaban J connectivity index is 1.84. The first-order valence-electron chi connectivity index (χ1n) is 6.90. The third-order valence-electron chi connectivity index (χ3n) is 3.06. The summed E-state index contributed by atoms with van der Waals surface area (Å²) in [5, 5.41) is 3.20. The predicted octanol–water partition coefficient (Wildman–Crippen LogP) is 3.70. The van der Waals surface area contributed by atoms with Crippen LogP contribution in [0.25, 0.3) is 0 Å². The molecule has 0 radical (unpaired) electrons. The van der Waals surface area contributed by atoms with Crippen LogP contribution in [0, 0.1) is 0 Å². The van der Waals surface area contributed by atoms with Gasteiger partial charge in [0.05, 0.1) is 5.56 Å². The molecule has 0 saturated carbocycles. The Morgan fingerprint density at radius 3 is 2.27 bits per heavy atom. The van der Waals surface area contributed by atoms with Gasteiger partial charge in [0.15, 0.2) is 6.61 Å². The number of esters is 1. The molecule has 22 heavy (non-hydrogen) atoms. The number of rotatable bonds is 5. The number of carbonyl (C=O) groups is 2. The number of hydrogen-bond acceptors (Lipinski definition) is 3. The van der Waals surface area contributed by atoms with E-state index in [1.54, 1.807) is 36.4 Å². The summed E-state index contributed by atoms with van der Waals surface area (Å²) >= 11 is 5.76. The molecular formula is C17H16ClNO3. The zero-order valence-electron chi connectivity index (χ0n) is 12.1. The van der Waals surface area contributed by atoms with Crippen molar-refractivity contribution >= 4 is 29.2 Å². The zero-order chi connectivity index (χ0) is 15.9. The van der Waals surface area contributed by atoms with Gasteiger partial charge in [-0.3, -0.25) is 4.79 Å². The van der Waals surface area contributed by atoms with Gasteiger partial charge < -0.3 is 10.1 Å². The average molecular weight is 318 g/mol. The van der Waals surface area contributed by atoms with Gasteiger partial charge in [-0.2, -0.15) is 0 Å². The van der Waals surface area contributed by atoms with Crippen LogP contribution in [-0.2, 0) is 16.0 Å². The molecule has 0 bridgehead atoms. The second-order valence-corrected chi connectivity index (χ2v) is 5.12. The molecule has 1 amide bonds. The van der Waals surface area contributed by atoms with Gasteiger partial charge in [0.1, 0.15) is 0 Å². The highest BCUT2D eigenvalue weighted by atomic mass is 35.5. The zero-order valence-corrected chi connectivity index (χ0v) is 12.9. The Kier molecular flexibility index (Phi) is 5.55. The SMILES string of the molecule is CCc1ccc(C(=O)OCC(=O)Nc2ccc(Cl)cc2)cc1. The number of aryl methyl sites for hydroxylation is 1. The Bertz CT molecular complexity index is 651. The number of anilines is 1. The summed E-state index contributed by atoms with van der Waals surface area (Å²) in [5.41, 5.74) is 2.16. The quantitative estimate of drug-likeness (QED) is 0.855. The molecule has 0 aliphatic rings. The largest absolute Gasteiger partial charge is 0.452 e. The molecule has 0 saturated heterocycles. The molecule has 0 atom stereocenters. The van der Waals surface area contributed by atoms with E-state index in [0.29, 0.717) is 16.3 Å². The summed E-state index contributed by atoms with van der Waals surface area (Å²) in [7, 11) is 0. The number of halogens is 1. The van der Waals surface area contributed by atoms with E-state index in [4.69, 9.17) is 16.3 Å². The lowest BCUT2D eigenvalue weighted by Gasteiger charge is -2.07. The molecule has 2 aromatic rings. The molecule has 1 N–H and O–H groups in total. The fraction of sp³-hybridized carbons (Fsp3) is 0.176. The van der Waals surface area contributed by atoms with E-state index in [0.717, 1.165) is 12.0 Å². The fourth-order valence-corrected chi connectivity index (χ4v) is 1.95. The average Bonchev–Trinajstić information content (AvgIpc) is 2.55. The van der Waals surface area contributed by atoms with Crippen LogP contribution in [0.5, 0.6) is 0 Å². The van der Waals surface area contributed by atoms with Gasteiger partial charge in [0.25, 0.3) is 5.91 Å². The minimum atomic E-state index is -0.520. The van der Waals surface area contributed by atoms with Gasteiger partial charge in [-0.1, -0.05) is 30.7 Å². The van der Waals surface area contributed by atoms with Crippen LogP contribution in [0.2, 0.25) is 5.02 Å². The lowest BCUT2D eigenvalue weighted by molar-refractivity contribution is -0.119. The van der Waals surface area contributed by atoms with Crippen molar-refractivity contribution in [1.29, 1.82) is 0 Å². The second-order valence-electron chi connectivity index (χ2n) is 4.68. The van der Waals surface area contributed by atoms with Gasteiger partial charge in [-0.05, 0) is 48.4 Å². The number of benzene rings is 2. The van der Waals surface area contributed by atoms with E-state index in [9.17, 15) is 9.59 Å². The molecule has 2 rings (SSSR count). The molecular weight excluding hydrogens is 302 g/mol. The maximum absolute atomic E-state index is 11.8. The number of nitrogens with one attached hydrogen (secondary N) is 1. The first kappa shape index (κ1) is 16.0. The minimum Gasteiger partial charge on any atom is -0.452 e. The number of carbonyl (C=O) groups excluding carboxylic acids is 2. The van der Waals surface area contributed by atoms with Gasteiger partial charge in [0.2, 0.25) is 0 Å². The third-order valence-corrected chi connectivity index (χ3v) is 3.31. The lowest BCUT2D eigenvalue weighted by Crippen LogP contribution is -2.20. The minimum absolute atomic E-state index is 0.336. The first-order valence-corrected chi connectivity index (χ1v) is 7.27. The van der Waals surface area contributed by atoms with Crippen molar-refractivity contribution in [3.05, 3.63) is 64.7 Å². The van der Waals surface area contributed by atoms with Gasteiger partial charge in [-0.15, -0.1) is 0 Å². The van der Waals surface area contributed by atoms with E-state index in [-0.39, 0.29) is 6.61 Å². The van der Waals surface area contributed by atoms with Crippen molar-refractivity contribution in [2.45, 2.75) is 13.3 Å². The molecule has 114 valence electrons. The van der Waals surface area contributed by atoms with Crippen molar-refractivity contribution in [2.75, 3.05) is 11.9 Å². The van der Waals surface area contributed by atoms with Crippen LogP contribution in [0.3, 0.4) is 0 Å². The summed E-state index contributed by atoms with van der Waals surface area (Å²) in [5.74, 6) is -0.922. The molecule has 4 nitrogen and oxygen atoms in total. The summed E-state index contributed by atoms with van der Waals surface area (Å²) in [4.78, 5) is 23.5. The number of ether oxygens (including phenoxy) is 1. The maximum Gasteiger partial charge on any atom is 0.338 e. The normalized spacial score (nSPS) is 10.1. The number of hydrogen-bond donors (Lipinski definition) is 1. The van der Waals surface area contributed by atoms with E-state index in [1.807, 2.05) is 19.1 Å². The first-order chi connectivity index (χ1) is 10.6. The van der Waals surface area contributed by atoms with Crippen molar-refractivity contribution in [3.63, 3.8) is 0 Å². The molecule has 0 spiro atoms. The summed E-state index contributed by atoms with van der Waals surface area (Å²) < 4.78 is 4.98. The molecule has 0 fully saturated rings. The van der Waals surface area contributed by atoms with Crippen LogP contribution >= 0.6 is 11.6 Å². The summed E-state index contributed by atoms with van der Waals surface area (Å²) in [6, 6.07) is 13.8. The molecule has 5 heteroatoms. The van der Waals surface area contributed by atoms with E-state index in [2.05, 4.69) is 5.32 Å². The van der Waals surface area contributed by atoms with E-state index >= 15 is 0 Å². The van der Waals surface area contributed by atoms with Gasteiger partial charge in [0, 0.05) is 10.7 Å². The molecule has 0 aliphatic carbocycles. The van der Waals surface area contributed by atoms with Crippen LogP contribution < -0.4 is 5.32 Å². The van der Waals surface area contributed by atoms with Crippen LogP contribution in [0.4, 0.5) is 5.69 Å². The summed E-state index contributed by atoms with van der Waals surface area (Å²) in [6.07, 6.45) is 0.902. The Hall–Kier alpha value is -2.33. The van der Waals surface area contributed by atoms with Crippen molar-refractivity contribution in [1.82, 2.24) is 0 Å². The maximum atomic E-state index is 11.8. The van der Waals surface area contributed by atoms with Crippen LogP contribution in [-0.4, -0.2) is 18.5 Å². The fourth-order valence-electron chi connectivity index (χ4n) is 1.82. The highest BCUT2D eigenvalue weighted by Gasteiger charge is 2.10. The van der Waals surface area contributed by atoms with Crippen LogP contribution in [0.15, 0.2) is 48.5 Å². The van der Waals surface area contributed by atoms with Crippen LogP contribution in [0.1, 0.15) is 22.8 Å². The second kappa shape index (κ2) is 7.61. The van der Waals surface area contributed by atoms with Gasteiger partial charge in [-0.25, -0.2) is 4.79 Å². The predicted molar refractivity (Wildman–Crippen MR) is 86.2 cm³/mol. The third kappa shape index (κ3) is 4.60. The lowest BCUT2D eigenvalue weighted by atomic mass is 10.1. The molecule has 2 aromatic carbocycles. The molecule has 0 unspecified atom stereocenters. The molecule has 0 aliphatic heterocycles. The van der Waals surface area contributed by atoms with Crippen molar-refractivity contribution in [3.8, 4) is 0 Å². The standard InChI is InChI=1S/C17H16ClNO3/c1-2-12-3-5-13(6-4-12)17(21)22-11-16(20)19-15-9-7-14(18)8-10-15/h3-10H,2,11H2,1H3,(H,19,20).